The van der Waals surface area contributed by atoms with E-state index in [4.69, 9.17) is 9.47 Å². The van der Waals surface area contributed by atoms with E-state index < -0.39 is 0 Å². The average Bonchev–Trinajstić information content (AvgIpc) is 2.77. The monoisotopic (exact) mass is 400 g/mol. The number of H-pyrrole nitrogens is 1. The van der Waals surface area contributed by atoms with Gasteiger partial charge in [-0.2, -0.15) is 0 Å². The zero-order chi connectivity index (χ0) is 20.6. The molecular weight excluding hydrogens is 372 g/mol. The highest BCUT2D eigenvalue weighted by atomic mass is 16.5. The minimum Gasteiger partial charge on any atom is -0.493 e. The summed E-state index contributed by atoms with van der Waals surface area (Å²) in [6, 6.07) is 5.34. The SMILES string of the molecule is CCCOc1ccc(-c2nnc(CCC(=O)N3CCCCC3)c(=O)[nH]2)cc1OC. The van der Waals surface area contributed by atoms with Crippen LogP contribution in [-0.2, 0) is 11.2 Å². The van der Waals surface area contributed by atoms with Gasteiger partial charge in [-0.25, -0.2) is 0 Å². The molecule has 0 spiro atoms. The first-order valence-corrected chi connectivity index (χ1v) is 10.2. The zero-order valence-corrected chi connectivity index (χ0v) is 17.1. The molecule has 1 aliphatic heterocycles. The maximum absolute atomic E-state index is 12.4. The van der Waals surface area contributed by atoms with Crippen LogP contribution in [0.2, 0.25) is 0 Å². The molecule has 1 aromatic carbocycles. The standard InChI is InChI=1S/C21H28N4O4/c1-3-13-29-17-9-7-15(14-18(17)28-2)20-22-21(27)16(23-24-20)8-10-19(26)25-11-5-4-6-12-25/h7,9,14H,3-6,8,10-13H2,1-2H3,(H,22,24,27). The maximum Gasteiger partial charge on any atom is 0.273 e. The molecule has 0 unspecified atom stereocenters. The molecule has 1 aromatic heterocycles. The van der Waals surface area contributed by atoms with E-state index in [1.54, 1.807) is 25.3 Å². The number of carbonyl (C=O) groups is 1. The third-order valence-corrected chi connectivity index (χ3v) is 4.95. The molecule has 1 N–H and O–H groups in total. The molecule has 0 saturated carbocycles. The average molecular weight is 400 g/mol. The van der Waals surface area contributed by atoms with Gasteiger partial charge in [0.2, 0.25) is 5.91 Å². The van der Waals surface area contributed by atoms with Crippen molar-refractivity contribution < 1.29 is 14.3 Å². The van der Waals surface area contributed by atoms with Gasteiger partial charge in [-0.1, -0.05) is 6.92 Å². The number of hydrogen-bond acceptors (Lipinski definition) is 6. The van der Waals surface area contributed by atoms with Crippen LogP contribution in [0.4, 0.5) is 0 Å². The molecule has 8 nitrogen and oxygen atoms in total. The van der Waals surface area contributed by atoms with Crippen molar-refractivity contribution in [2.45, 2.75) is 45.4 Å². The third-order valence-electron chi connectivity index (χ3n) is 4.95. The first-order chi connectivity index (χ1) is 14.1. The van der Waals surface area contributed by atoms with Crippen molar-refractivity contribution in [3.63, 3.8) is 0 Å². The molecule has 8 heteroatoms. The summed E-state index contributed by atoms with van der Waals surface area (Å²) >= 11 is 0. The van der Waals surface area contributed by atoms with Gasteiger partial charge in [0.1, 0.15) is 5.69 Å². The van der Waals surface area contributed by atoms with E-state index in [9.17, 15) is 9.59 Å². The van der Waals surface area contributed by atoms with Crippen LogP contribution in [0.1, 0.15) is 44.7 Å². The van der Waals surface area contributed by atoms with E-state index in [0.29, 0.717) is 29.5 Å². The number of amides is 1. The van der Waals surface area contributed by atoms with Gasteiger partial charge in [0, 0.05) is 31.5 Å². The van der Waals surface area contributed by atoms with E-state index in [-0.39, 0.29) is 30.0 Å². The fourth-order valence-electron chi connectivity index (χ4n) is 3.33. The van der Waals surface area contributed by atoms with Gasteiger partial charge in [0.05, 0.1) is 13.7 Å². The Labute approximate surface area is 170 Å². The van der Waals surface area contributed by atoms with Crippen LogP contribution < -0.4 is 15.0 Å². The lowest BCUT2D eigenvalue weighted by molar-refractivity contribution is -0.132. The number of ether oxygens (including phenoxy) is 2. The predicted molar refractivity (Wildman–Crippen MR) is 109 cm³/mol. The van der Waals surface area contributed by atoms with Gasteiger partial charge < -0.3 is 19.4 Å². The molecule has 0 atom stereocenters. The number of benzene rings is 1. The van der Waals surface area contributed by atoms with Gasteiger partial charge >= 0.3 is 0 Å². The smallest absolute Gasteiger partial charge is 0.273 e. The lowest BCUT2D eigenvalue weighted by atomic mass is 10.1. The number of likely N-dealkylation sites (tertiary alicyclic amines) is 1. The molecule has 1 fully saturated rings. The van der Waals surface area contributed by atoms with Crippen LogP contribution in [0, 0.1) is 0 Å². The van der Waals surface area contributed by atoms with Gasteiger partial charge in [0.25, 0.3) is 5.56 Å². The second-order valence-corrected chi connectivity index (χ2v) is 7.10. The number of methoxy groups -OCH3 is 1. The Kier molecular flexibility index (Phi) is 7.21. The van der Waals surface area contributed by atoms with Crippen LogP contribution in [0.3, 0.4) is 0 Å². The Hall–Kier alpha value is -2.90. The van der Waals surface area contributed by atoms with Crippen molar-refractivity contribution in [3.8, 4) is 22.9 Å². The summed E-state index contributed by atoms with van der Waals surface area (Å²) < 4.78 is 11.0. The third kappa shape index (κ3) is 5.34. The van der Waals surface area contributed by atoms with Crippen LogP contribution in [0.5, 0.6) is 11.5 Å². The predicted octanol–water partition coefficient (Wildman–Crippen LogP) is 2.57. The van der Waals surface area contributed by atoms with Crippen molar-refractivity contribution in [1.29, 1.82) is 0 Å². The summed E-state index contributed by atoms with van der Waals surface area (Å²) in [7, 11) is 1.56. The quantitative estimate of drug-likeness (QED) is 0.731. The number of nitrogens with one attached hydrogen (secondary N) is 1. The number of aromatic nitrogens is 3. The Balaban J connectivity index is 1.69. The summed E-state index contributed by atoms with van der Waals surface area (Å²) in [5.41, 5.74) is 0.618. The highest BCUT2D eigenvalue weighted by molar-refractivity contribution is 5.76. The number of aryl methyl sites for hydroxylation is 1. The van der Waals surface area contributed by atoms with E-state index in [2.05, 4.69) is 15.2 Å². The molecular formula is C21H28N4O4. The number of rotatable bonds is 8. The highest BCUT2D eigenvalue weighted by Crippen LogP contribution is 2.31. The second-order valence-electron chi connectivity index (χ2n) is 7.10. The highest BCUT2D eigenvalue weighted by Gasteiger charge is 2.17. The van der Waals surface area contributed by atoms with Crippen LogP contribution in [-0.4, -0.2) is 52.8 Å². The summed E-state index contributed by atoms with van der Waals surface area (Å²) in [4.78, 5) is 29.3. The fraction of sp³-hybridized carbons (Fsp3) is 0.524. The number of nitrogens with zero attached hydrogens (tertiary/aromatic N) is 3. The van der Waals surface area contributed by atoms with Gasteiger partial charge in [0.15, 0.2) is 17.3 Å². The van der Waals surface area contributed by atoms with E-state index in [0.717, 1.165) is 32.4 Å². The Morgan fingerprint density at radius 2 is 1.97 bits per heavy atom. The number of piperidine rings is 1. The lowest BCUT2D eigenvalue weighted by Crippen LogP contribution is -2.36. The van der Waals surface area contributed by atoms with Gasteiger partial charge in [-0.3, -0.25) is 9.59 Å². The van der Waals surface area contributed by atoms with Crippen molar-refractivity contribution in [2.24, 2.45) is 0 Å². The van der Waals surface area contributed by atoms with Gasteiger partial charge in [-0.15, -0.1) is 10.2 Å². The molecule has 2 aromatic rings. The molecule has 1 saturated heterocycles. The summed E-state index contributed by atoms with van der Waals surface area (Å²) in [5.74, 6) is 1.62. The van der Waals surface area contributed by atoms with Crippen molar-refractivity contribution in [3.05, 3.63) is 34.2 Å². The van der Waals surface area contributed by atoms with Crippen LogP contribution in [0.25, 0.3) is 11.4 Å². The molecule has 156 valence electrons. The zero-order valence-electron chi connectivity index (χ0n) is 17.1. The minimum atomic E-state index is -0.327. The number of aromatic amines is 1. The van der Waals surface area contributed by atoms with Gasteiger partial charge in [-0.05, 0) is 43.9 Å². The first kappa shape index (κ1) is 20.8. The topological polar surface area (TPSA) is 97.4 Å². The molecule has 2 heterocycles. The summed E-state index contributed by atoms with van der Waals surface area (Å²) in [6.07, 6.45) is 4.72. The maximum atomic E-state index is 12.4. The van der Waals surface area contributed by atoms with Crippen LogP contribution in [0.15, 0.2) is 23.0 Å². The molecule has 0 aliphatic carbocycles. The largest absolute Gasteiger partial charge is 0.493 e. The van der Waals surface area contributed by atoms with Crippen molar-refractivity contribution in [1.82, 2.24) is 20.1 Å². The summed E-state index contributed by atoms with van der Waals surface area (Å²) in [6.45, 7) is 4.24. The molecule has 29 heavy (non-hydrogen) atoms. The minimum absolute atomic E-state index is 0.0716. The van der Waals surface area contributed by atoms with E-state index in [1.165, 1.54) is 6.42 Å². The lowest BCUT2D eigenvalue weighted by Gasteiger charge is -2.26. The Bertz CT molecular complexity index is 890. The molecule has 3 rings (SSSR count). The molecule has 0 bridgehead atoms. The van der Waals surface area contributed by atoms with Crippen molar-refractivity contribution in [2.75, 3.05) is 26.8 Å². The first-order valence-electron chi connectivity index (χ1n) is 10.2. The number of carbonyl (C=O) groups excluding carboxylic acids is 1. The second kappa shape index (κ2) is 10.0. The molecule has 0 radical (unpaired) electrons. The molecule has 1 amide bonds. The fourth-order valence-corrected chi connectivity index (χ4v) is 3.33. The molecule has 1 aliphatic rings. The van der Waals surface area contributed by atoms with Crippen molar-refractivity contribution >= 4 is 5.91 Å². The normalized spacial score (nSPS) is 13.9. The summed E-state index contributed by atoms with van der Waals surface area (Å²) in [5, 5.41) is 8.20. The van der Waals surface area contributed by atoms with E-state index >= 15 is 0 Å². The number of hydrogen-bond donors (Lipinski definition) is 1. The van der Waals surface area contributed by atoms with E-state index in [1.807, 2.05) is 11.8 Å². The Morgan fingerprint density at radius 1 is 1.17 bits per heavy atom. The van der Waals surface area contributed by atoms with Crippen LogP contribution >= 0.6 is 0 Å². The Morgan fingerprint density at radius 3 is 2.66 bits per heavy atom.